The highest BCUT2D eigenvalue weighted by Gasteiger charge is 2.18. The molecule has 0 spiro atoms. The molecule has 0 saturated carbocycles. The second kappa shape index (κ2) is 6.10. The normalized spacial score (nSPS) is 11.3. The van der Waals surface area contributed by atoms with Crippen molar-refractivity contribution in [3.63, 3.8) is 0 Å². The zero-order valence-electron chi connectivity index (χ0n) is 13.0. The fourth-order valence-corrected chi connectivity index (χ4v) is 2.05. The molecule has 0 fully saturated rings. The van der Waals surface area contributed by atoms with E-state index in [1.807, 2.05) is 30.3 Å². The Kier molecular flexibility index (Phi) is 4.43. The van der Waals surface area contributed by atoms with Gasteiger partial charge < -0.3 is 10.2 Å². The van der Waals surface area contributed by atoms with Crippen LogP contribution in [0.1, 0.15) is 37.9 Å². The molecule has 112 valence electrons. The lowest BCUT2D eigenvalue weighted by Crippen LogP contribution is -2.18. The van der Waals surface area contributed by atoms with E-state index in [0.29, 0.717) is 12.2 Å². The zero-order valence-corrected chi connectivity index (χ0v) is 13.0. The first-order chi connectivity index (χ1) is 9.94. The van der Waals surface area contributed by atoms with Crippen LogP contribution >= 0.6 is 0 Å². The van der Waals surface area contributed by atoms with Crippen molar-refractivity contribution in [3.05, 3.63) is 47.4 Å². The molecule has 3 N–H and O–H groups in total. The van der Waals surface area contributed by atoms with Crippen molar-refractivity contribution in [2.75, 3.05) is 12.5 Å². The van der Waals surface area contributed by atoms with Crippen LogP contribution in [0.5, 0.6) is 5.75 Å². The third kappa shape index (κ3) is 3.70. The summed E-state index contributed by atoms with van der Waals surface area (Å²) in [6.45, 7) is 6.34. The van der Waals surface area contributed by atoms with Gasteiger partial charge in [0.05, 0.1) is 12.8 Å². The number of ether oxygens (including phenoxy) is 1. The Balaban J connectivity index is 2.39. The summed E-state index contributed by atoms with van der Waals surface area (Å²) in [6.07, 6.45) is 0.600. The topological polar surface area (TPSA) is 73.1 Å². The first-order valence-corrected chi connectivity index (χ1v) is 6.91. The number of benzene rings is 1. The lowest BCUT2D eigenvalue weighted by Gasteiger charge is -2.19. The molecule has 5 heteroatoms. The maximum Gasteiger partial charge on any atom is 0.143 e. The van der Waals surface area contributed by atoms with Crippen molar-refractivity contribution in [3.8, 4) is 5.75 Å². The Hall–Kier alpha value is -2.14. The van der Waals surface area contributed by atoms with Gasteiger partial charge >= 0.3 is 0 Å². The number of rotatable bonds is 4. The number of methoxy groups -OCH3 is 1. The van der Waals surface area contributed by atoms with Gasteiger partial charge in [0.1, 0.15) is 17.4 Å². The lowest BCUT2D eigenvalue weighted by molar-refractivity contribution is 0.410. The maximum atomic E-state index is 5.52. The minimum Gasteiger partial charge on any atom is -0.496 e. The molecule has 5 nitrogen and oxygen atoms in total. The Morgan fingerprint density at radius 2 is 1.90 bits per heavy atom. The van der Waals surface area contributed by atoms with Crippen molar-refractivity contribution >= 4 is 5.82 Å². The van der Waals surface area contributed by atoms with Gasteiger partial charge in [0.25, 0.3) is 0 Å². The maximum absolute atomic E-state index is 5.52. The third-order valence-corrected chi connectivity index (χ3v) is 3.23. The van der Waals surface area contributed by atoms with Crippen LogP contribution in [0, 0.1) is 0 Å². The minimum atomic E-state index is -0.0654. The number of nitrogens with zero attached hydrogens (tertiary/aromatic N) is 2. The monoisotopic (exact) mass is 286 g/mol. The second-order valence-electron chi connectivity index (χ2n) is 5.94. The number of hydrogen-bond acceptors (Lipinski definition) is 5. The van der Waals surface area contributed by atoms with Crippen LogP contribution < -0.4 is 16.0 Å². The molecule has 0 radical (unpaired) electrons. The average Bonchev–Trinajstić information content (AvgIpc) is 2.46. The molecule has 0 bridgehead atoms. The van der Waals surface area contributed by atoms with Gasteiger partial charge in [0, 0.05) is 23.5 Å². The summed E-state index contributed by atoms with van der Waals surface area (Å²) in [5.74, 6) is 7.70. The van der Waals surface area contributed by atoms with E-state index < -0.39 is 0 Å². The molecule has 0 atom stereocenters. The fourth-order valence-electron chi connectivity index (χ4n) is 2.05. The molecule has 1 heterocycles. The summed E-state index contributed by atoms with van der Waals surface area (Å²) >= 11 is 0. The molecule has 0 unspecified atom stereocenters. The van der Waals surface area contributed by atoms with Gasteiger partial charge in [-0.15, -0.1) is 0 Å². The van der Waals surface area contributed by atoms with Gasteiger partial charge in [-0.3, -0.25) is 0 Å². The Morgan fingerprint density at radius 1 is 1.19 bits per heavy atom. The number of nitrogens with two attached hydrogens (primary N) is 1. The van der Waals surface area contributed by atoms with Crippen molar-refractivity contribution in [2.24, 2.45) is 5.84 Å². The van der Waals surface area contributed by atoms with Crippen LogP contribution in [0.15, 0.2) is 30.3 Å². The Morgan fingerprint density at radius 3 is 2.52 bits per heavy atom. The highest BCUT2D eigenvalue weighted by molar-refractivity contribution is 5.39. The van der Waals surface area contributed by atoms with Crippen molar-refractivity contribution in [1.82, 2.24) is 9.97 Å². The summed E-state index contributed by atoms with van der Waals surface area (Å²) in [5.41, 5.74) is 4.55. The summed E-state index contributed by atoms with van der Waals surface area (Å²) in [4.78, 5) is 9.09. The van der Waals surface area contributed by atoms with E-state index >= 15 is 0 Å². The molecule has 0 aliphatic carbocycles. The largest absolute Gasteiger partial charge is 0.496 e. The molecule has 1 aromatic heterocycles. The highest BCUT2D eigenvalue weighted by atomic mass is 16.5. The van der Waals surface area contributed by atoms with Crippen LogP contribution in [0.25, 0.3) is 0 Å². The van der Waals surface area contributed by atoms with Crippen LogP contribution in [0.2, 0.25) is 0 Å². The molecule has 1 aromatic carbocycles. The van der Waals surface area contributed by atoms with Crippen LogP contribution in [-0.2, 0) is 11.8 Å². The molecule has 0 aliphatic heterocycles. The number of anilines is 1. The quantitative estimate of drug-likeness (QED) is 0.667. The zero-order chi connectivity index (χ0) is 15.5. The van der Waals surface area contributed by atoms with E-state index in [-0.39, 0.29) is 5.41 Å². The third-order valence-electron chi connectivity index (χ3n) is 3.23. The Labute approximate surface area is 125 Å². The first kappa shape index (κ1) is 15.3. The number of hydrazine groups is 1. The van der Waals surface area contributed by atoms with Crippen molar-refractivity contribution in [1.29, 1.82) is 0 Å². The van der Waals surface area contributed by atoms with Gasteiger partial charge in [-0.25, -0.2) is 15.8 Å². The first-order valence-electron chi connectivity index (χ1n) is 6.91. The van der Waals surface area contributed by atoms with E-state index in [1.54, 1.807) is 7.11 Å². The summed E-state index contributed by atoms with van der Waals surface area (Å²) in [6, 6.07) is 9.76. The average molecular weight is 286 g/mol. The van der Waals surface area contributed by atoms with E-state index in [1.165, 1.54) is 0 Å². The molecular formula is C16H22N4O. The van der Waals surface area contributed by atoms with Gasteiger partial charge in [-0.1, -0.05) is 39.0 Å². The molecular weight excluding hydrogens is 264 g/mol. The van der Waals surface area contributed by atoms with E-state index in [2.05, 4.69) is 36.2 Å². The number of nitrogens with one attached hydrogen (secondary N) is 1. The van der Waals surface area contributed by atoms with Crippen molar-refractivity contribution in [2.45, 2.75) is 32.6 Å². The standard InChI is InChI=1S/C16H22N4O/c1-16(2,3)13-10-15(20-17)19-14(18-13)9-11-7-5-6-8-12(11)21-4/h5-8,10H,9,17H2,1-4H3,(H,18,19,20). The SMILES string of the molecule is COc1ccccc1Cc1nc(NN)cc(C(C)(C)C)n1. The predicted molar refractivity (Wildman–Crippen MR) is 84.3 cm³/mol. The number of nitrogen functional groups attached to an aromatic ring is 1. The smallest absolute Gasteiger partial charge is 0.143 e. The van der Waals surface area contributed by atoms with E-state index in [4.69, 9.17) is 10.6 Å². The minimum absolute atomic E-state index is 0.0654. The number of aromatic nitrogens is 2. The van der Waals surface area contributed by atoms with Gasteiger partial charge in [-0.05, 0) is 6.07 Å². The molecule has 0 saturated heterocycles. The van der Waals surface area contributed by atoms with Crippen molar-refractivity contribution < 1.29 is 4.74 Å². The molecule has 21 heavy (non-hydrogen) atoms. The summed E-state index contributed by atoms with van der Waals surface area (Å²) < 4.78 is 5.38. The Bertz CT molecular complexity index is 620. The van der Waals surface area contributed by atoms with Gasteiger partial charge in [0.2, 0.25) is 0 Å². The molecule has 2 rings (SSSR count). The van der Waals surface area contributed by atoms with Gasteiger partial charge in [-0.2, -0.15) is 0 Å². The number of hydrogen-bond donors (Lipinski definition) is 2. The highest BCUT2D eigenvalue weighted by Crippen LogP contribution is 2.24. The molecule has 0 aliphatic rings. The van der Waals surface area contributed by atoms with Gasteiger partial charge in [0.15, 0.2) is 0 Å². The van der Waals surface area contributed by atoms with Crippen LogP contribution in [0.3, 0.4) is 0 Å². The van der Waals surface area contributed by atoms with E-state index in [0.717, 1.165) is 22.8 Å². The lowest BCUT2D eigenvalue weighted by atomic mass is 9.92. The predicted octanol–water partition coefficient (Wildman–Crippen LogP) is 2.66. The fraction of sp³-hybridized carbons (Fsp3) is 0.375. The number of para-hydroxylation sites is 1. The van der Waals surface area contributed by atoms with Crippen LogP contribution in [-0.4, -0.2) is 17.1 Å². The van der Waals surface area contributed by atoms with Crippen LogP contribution in [0.4, 0.5) is 5.82 Å². The van der Waals surface area contributed by atoms with E-state index in [9.17, 15) is 0 Å². The molecule has 2 aromatic rings. The molecule has 0 amide bonds. The summed E-state index contributed by atoms with van der Waals surface area (Å²) in [7, 11) is 1.66. The second-order valence-corrected chi connectivity index (χ2v) is 5.94. The summed E-state index contributed by atoms with van der Waals surface area (Å²) in [5, 5.41) is 0.